The first-order chi connectivity index (χ1) is 18.7. The van der Waals surface area contributed by atoms with Gasteiger partial charge in [0.05, 0.1) is 0 Å². The molecule has 0 saturated heterocycles. The number of nitrogens with one attached hydrogen (secondary N) is 1. The topological polar surface area (TPSA) is 15.3 Å². The van der Waals surface area contributed by atoms with Gasteiger partial charge >= 0.3 is 0 Å². The molecule has 2 heteroatoms. The van der Waals surface area contributed by atoms with Crippen LogP contribution in [0.3, 0.4) is 0 Å². The van der Waals surface area contributed by atoms with E-state index >= 15 is 0 Å². The molecule has 0 saturated carbocycles. The van der Waals surface area contributed by atoms with Crippen LogP contribution in [0.4, 0.5) is 0 Å². The first kappa shape index (κ1) is 37.7. The molecule has 1 atom stereocenters. The molecule has 1 N–H and O–H groups in total. The standard InChI is InChI=1S/C36H74N2/c1-5-7-9-11-13-18-22-26-30-34-38(37-4)35-31-27-23-19-16-15-17-21-25-29-33-36(3)32-28-24-20-14-12-10-8-6-2/h5,36-37H,1,6-35H2,2-4H3. The molecule has 0 spiro atoms. The van der Waals surface area contributed by atoms with Crippen LogP contribution in [0.2, 0.25) is 0 Å². The van der Waals surface area contributed by atoms with Gasteiger partial charge in [-0.15, -0.1) is 6.58 Å². The summed E-state index contributed by atoms with van der Waals surface area (Å²) in [7, 11) is 2.09. The maximum absolute atomic E-state index is 3.81. The molecule has 0 amide bonds. The lowest BCUT2D eigenvalue weighted by molar-refractivity contribution is 0.198. The normalized spacial score (nSPS) is 12.4. The predicted molar refractivity (Wildman–Crippen MR) is 175 cm³/mol. The molecule has 38 heavy (non-hydrogen) atoms. The highest BCUT2D eigenvalue weighted by molar-refractivity contribution is 4.65. The molecular formula is C36H74N2. The average molecular weight is 535 g/mol. The van der Waals surface area contributed by atoms with Gasteiger partial charge in [-0.05, 0) is 38.6 Å². The van der Waals surface area contributed by atoms with Crippen LogP contribution in [0.5, 0.6) is 0 Å². The van der Waals surface area contributed by atoms with Crippen molar-refractivity contribution in [2.75, 3.05) is 20.1 Å². The van der Waals surface area contributed by atoms with Crippen LogP contribution in [-0.2, 0) is 0 Å². The molecule has 0 aromatic heterocycles. The summed E-state index contributed by atoms with van der Waals surface area (Å²) in [5.41, 5.74) is 3.42. The van der Waals surface area contributed by atoms with Gasteiger partial charge in [-0.25, -0.2) is 5.01 Å². The van der Waals surface area contributed by atoms with Gasteiger partial charge in [-0.2, -0.15) is 0 Å². The third-order valence-corrected chi connectivity index (χ3v) is 8.58. The summed E-state index contributed by atoms with van der Waals surface area (Å²) in [6.45, 7) is 11.0. The van der Waals surface area contributed by atoms with E-state index in [1.54, 1.807) is 0 Å². The van der Waals surface area contributed by atoms with Crippen LogP contribution in [-0.4, -0.2) is 25.1 Å². The van der Waals surface area contributed by atoms with Gasteiger partial charge in [0.25, 0.3) is 0 Å². The van der Waals surface area contributed by atoms with Crippen LogP contribution in [0, 0.1) is 5.92 Å². The summed E-state index contributed by atoms with van der Waals surface area (Å²) in [5, 5.41) is 2.44. The predicted octanol–water partition coefficient (Wildman–Crippen LogP) is 12.2. The lowest BCUT2D eigenvalue weighted by atomic mass is 9.95. The molecule has 1 unspecified atom stereocenters. The molecule has 0 bridgehead atoms. The van der Waals surface area contributed by atoms with Crippen molar-refractivity contribution in [2.24, 2.45) is 5.92 Å². The first-order valence-electron chi connectivity index (χ1n) is 17.8. The van der Waals surface area contributed by atoms with E-state index < -0.39 is 0 Å². The van der Waals surface area contributed by atoms with Crippen LogP contribution >= 0.6 is 0 Å². The zero-order valence-electron chi connectivity index (χ0n) is 27.0. The number of rotatable bonds is 33. The quantitative estimate of drug-likeness (QED) is 0.0511. The Balaban J connectivity index is 3.31. The molecule has 0 aromatic rings. The van der Waals surface area contributed by atoms with Crippen LogP contribution in [0.25, 0.3) is 0 Å². The van der Waals surface area contributed by atoms with E-state index in [1.165, 1.54) is 193 Å². The number of hydrogen-bond acceptors (Lipinski definition) is 2. The summed E-state index contributed by atoms with van der Waals surface area (Å²) in [5.74, 6) is 0.955. The SMILES string of the molecule is C=CCCCCCCCCCN(CCCCCCCCCCCCC(C)CCCCCCCCCC)NC. The second-order valence-corrected chi connectivity index (χ2v) is 12.5. The molecule has 0 fully saturated rings. The smallest absolute Gasteiger partial charge is 0.0130 e. The van der Waals surface area contributed by atoms with Gasteiger partial charge in [0.2, 0.25) is 0 Å². The van der Waals surface area contributed by atoms with Gasteiger partial charge in [-0.1, -0.05) is 174 Å². The number of hydrazine groups is 1. The second kappa shape index (κ2) is 32.9. The molecule has 0 radical (unpaired) electrons. The van der Waals surface area contributed by atoms with Gasteiger partial charge < -0.3 is 0 Å². The van der Waals surface area contributed by atoms with Crippen molar-refractivity contribution in [2.45, 2.75) is 194 Å². The third kappa shape index (κ3) is 30.2. The summed E-state index contributed by atoms with van der Waals surface area (Å²) in [6, 6.07) is 0. The molecule has 0 rings (SSSR count). The molecule has 0 aromatic carbocycles. The molecule has 0 aliphatic carbocycles. The fourth-order valence-corrected chi connectivity index (χ4v) is 5.79. The van der Waals surface area contributed by atoms with Crippen molar-refractivity contribution in [3.05, 3.63) is 12.7 Å². The zero-order chi connectivity index (χ0) is 27.8. The number of hydrogen-bond donors (Lipinski definition) is 1. The highest BCUT2D eigenvalue weighted by Gasteiger charge is 2.03. The van der Waals surface area contributed by atoms with Gasteiger partial charge in [0, 0.05) is 13.1 Å². The Morgan fingerprint density at radius 1 is 0.526 bits per heavy atom. The molecular weight excluding hydrogens is 460 g/mol. The Bertz CT molecular complexity index is 435. The Morgan fingerprint density at radius 2 is 0.868 bits per heavy atom. The van der Waals surface area contributed by atoms with Gasteiger partial charge in [0.15, 0.2) is 0 Å². The molecule has 0 heterocycles. The Hall–Kier alpha value is -0.340. The molecule has 0 aliphatic rings. The lowest BCUT2D eigenvalue weighted by Gasteiger charge is -2.20. The van der Waals surface area contributed by atoms with E-state index in [-0.39, 0.29) is 0 Å². The van der Waals surface area contributed by atoms with Crippen LogP contribution < -0.4 is 5.43 Å². The second-order valence-electron chi connectivity index (χ2n) is 12.5. The molecule has 228 valence electrons. The van der Waals surface area contributed by atoms with Crippen molar-refractivity contribution in [3.8, 4) is 0 Å². The van der Waals surface area contributed by atoms with E-state index in [0.717, 1.165) is 5.92 Å². The summed E-state index contributed by atoms with van der Waals surface area (Å²) in [6.07, 6.45) is 41.9. The van der Waals surface area contributed by atoms with E-state index in [9.17, 15) is 0 Å². The first-order valence-corrected chi connectivity index (χ1v) is 17.8. The minimum atomic E-state index is 0.955. The van der Waals surface area contributed by atoms with E-state index in [4.69, 9.17) is 0 Å². The van der Waals surface area contributed by atoms with Gasteiger partial charge in [0.1, 0.15) is 0 Å². The molecule has 0 aliphatic heterocycles. The summed E-state index contributed by atoms with van der Waals surface area (Å²) >= 11 is 0. The minimum Gasteiger partial charge on any atom is -0.258 e. The zero-order valence-corrected chi connectivity index (χ0v) is 27.0. The Morgan fingerprint density at radius 3 is 1.24 bits per heavy atom. The highest BCUT2D eigenvalue weighted by Crippen LogP contribution is 2.19. The Labute approximate surface area is 242 Å². The van der Waals surface area contributed by atoms with Crippen LogP contribution in [0.1, 0.15) is 194 Å². The van der Waals surface area contributed by atoms with Crippen molar-refractivity contribution in [3.63, 3.8) is 0 Å². The van der Waals surface area contributed by atoms with Crippen molar-refractivity contribution < 1.29 is 0 Å². The van der Waals surface area contributed by atoms with E-state index in [1.807, 2.05) is 0 Å². The number of unbranched alkanes of at least 4 members (excludes halogenated alkanes) is 23. The van der Waals surface area contributed by atoms with Crippen molar-refractivity contribution in [1.82, 2.24) is 10.4 Å². The fraction of sp³-hybridized carbons (Fsp3) is 0.944. The maximum Gasteiger partial charge on any atom is 0.0130 e. The minimum absolute atomic E-state index is 0.955. The van der Waals surface area contributed by atoms with Crippen molar-refractivity contribution in [1.29, 1.82) is 0 Å². The largest absolute Gasteiger partial charge is 0.258 e. The maximum atomic E-state index is 3.81. The summed E-state index contributed by atoms with van der Waals surface area (Å²) < 4.78 is 0. The van der Waals surface area contributed by atoms with E-state index in [0.29, 0.717) is 0 Å². The monoisotopic (exact) mass is 535 g/mol. The van der Waals surface area contributed by atoms with E-state index in [2.05, 4.69) is 44.0 Å². The fourth-order valence-electron chi connectivity index (χ4n) is 5.79. The lowest BCUT2D eigenvalue weighted by Crippen LogP contribution is -2.36. The van der Waals surface area contributed by atoms with Crippen LogP contribution in [0.15, 0.2) is 12.7 Å². The highest BCUT2D eigenvalue weighted by atomic mass is 15.5. The summed E-state index contributed by atoms with van der Waals surface area (Å²) in [4.78, 5) is 0. The average Bonchev–Trinajstić information content (AvgIpc) is 2.92. The third-order valence-electron chi connectivity index (χ3n) is 8.58. The molecule has 2 nitrogen and oxygen atoms in total. The number of allylic oxidation sites excluding steroid dienone is 1. The Kier molecular flexibility index (Phi) is 32.6. The van der Waals surface area contributed by atoms with Gasteiger partial charge in [-0.3, -0.25) is 5.43 Å². The number of nitrogens with zero attached hydrogens (tertiary/aromatic N) is 1. The van der Waals surface area contributed by atoms with Crippen molar-refractivity contribution >= 4 is 0 Å².